The normalized spacial score (nSPS) is 10.4. The Kier molecular flexibility index (Phi) is 10.2. The van der Waals surface area contributed by atoms with E-state index in [0.29, 0.717) is 23.7 Å². The van der Waals surface area contributed by atoms with Crippen LogP contribution in [0.4, 0.5) is 0 Å². The van der Waals surface area contributed by atoms with Crippen LogP contribution >= 0.6 is 15.9 Å². The molecule has 0 aliphatic rings. The van der Waals surface area contributed by atoms with Crippen molar-refractivity contribution in [2.24, 2.45) is 0 Å². The minimum absolute atomic E-state index is 0.203. The first-order valence-electron chi connectivity index (χ1n) is 10.3. The second-order valence-electron chi connectivity index (χ2n) is 6.84. The fraction of sp³-hybridized carbons (Fsp3) is 0.391. The molecule has 0 spiro atoms. The molecule has 30 heavy (non-hydrogen) atoms. The molecule has 0 saturated heterocycles. The summed E-state index contributed by atoms with van der Waals surface area (Å²) in [6, 6.07) is 12.7. The lowest BCUT2D eigenvalue weighted by Gasteiger charge is -2.13. The zero-order chi connectivity index (χ0) is 21.8. The number of nitrogens with one attached hydrogen (secondary N) is 2. The van der Waals surface area contributed by atoms with Crippen LogP contribution in [0.3, 0.4) is 0 Å². The third kappa shape index (κ3) is 8.06. The molecular weight excluding hydrogens is 448 g/mol. The molecular formula is C23H29BrN2O4. The minimum Gasteiger partial charge on any atom is -0.493 e. The quantitative estimate of drug-likeness (QED) is 0.360. The summed E-state index contributed by atoms with van der Waals surface area (Å²) >= 11 is 3.37. The molecule has 2 amide bonds. The van der Waals surface area contributed by atoms with E-state index in [2.05, 4.69) is 40.6 Å². The van der Waals surface area contributed by atoms with E-state index in [1.54, 1.807) is 12.1 Å². The van der Waals surface area contributed by atoms with Gasteiger partial charge in [-0.05, 0) is 48.7 Å². The van der Waals surface area contributed by atoms with Crippen LogP contribution in [0.5, 0.6) is 11.5 Å². The summed E-state index contributed by atoms with van der Waals surface area (Å²) in [7, 11) is 0. The standard InChI is InChI=1S/C23H29BrN2O4/c1-3-5-6-7-14-29-21-13-10-18(24)15-20(21)23(28)26-25-22(27)16-30-19-11-8-17(4-2)9-12-19/h8-13,15H,3-7,14,16H2,1-2H3,(H,25,27)(H,26,28). The van der Waals surface area contributed by atoms with Gasteiger partial charge in [-0.1, -0.05) is 61.2 Å². The molecule has 2 aromatic rings. The lowest BCUT2D eigenvalue weighted by atomic mass is 10.2. The Labute approximate surface area is 186 Å². The van der Waals surface area contributed by atoms with Crippen molar-refractivity contribution >= 4 is 27.7 Å². The first-order chi connectivity index (χ1) is 14.5. The summed E-state index contributed by atoms with van der Waals surface area (Å²) in [5, 5.41) is 0. The van der Waals surface area contributed by atoms with Gasteiger partial charge in [-0.3, -0.25) is 20.4 Å². The predicted octanol–water partition coefficient (Wildman–Crippen LogP) is 4.81. The van der Waals surface area contributed by atoms with Crippen molar-refractivity contribution in [1.29, 1.82) is 0 Å². The highest BCUT2D eigenvalue weighted by Crippen LogP contribution is 2.23. The monoisotopic (exact) mass is 476 g/mol. The van der Waals surface area contributed by atoms with Gasteiger partial charge in [-0.2, -0.15) is 0 Å². The van der Waals surface area contributed by atoms with Crippen molar-refractivity contribution in [3.05, 3.63) is 58.1 Å². The van der Waals surface area contributed by atoms with Crippen LogP contribution in [0.25, 0.3) is 0 Å². The number of hydrazine groups is 1. The minimum atomic E-state index is -0.458. The van der Waals surface area contributed by atoms with E-state index >= 15 is 0 Å². The third-order valence-electron chi connectivity index (χ3n) is 4.46. The van der Waals surface area contributed by atoms with Crippen LogP contribution in [0.2, 0.25) is 0 Å². The number of carbonyl (C=O) groups is 2. The van der Waals surface area contributed by atoms with Crippen molar-refractivity contribution in [3.8, 4) is 11.5 Å². The number of aryl methyl sites for hydroxylation is 1. The molecule has 2 rings (SSSR count). The Hall–Kier alpha value is -2.54. The lowest BCUT2D eigenvalue weighted by molar-refractivity contribution is -0.123. The fourth-order valence-electron chi connectivity index (χ4n) is 2.72. The Bertz CT molecular complexity index is 824. The maximum absolute atomic E-state index is 12.5. The molecule has 0 aliphatic carbocycles. The summed E-state index contributed by atoms with van der Waals surface area (Å²) in [5.74, 6) is 0.161. The number of hydrogen-bond donors (Lipinski definition) is 2. The van der Waals surface area contributed by atoms with E-state index in [1.807, 2.05) is 30.3 Å². The Morgan fingerprint density at radius 2 is 1.70 bits per heavy atom. The largest absolute Gasteiger partial charge is 0.493 e. The first kappa shape index (κ1) is 23.7. The van der Waals surface area contributed by atoms with Gasteiger partial charge in [0.05, 0.1) is 12.2 Å². The lowest BCUT2D eigenvalue weighted by Crippen LogP contribution is -2.44. The number of carbonyl (C=O) groups excluding carboxylic acids is 2. The molecule has 0 aliphatic heterocycles. The second kappa shape index (κ2) is 12.9. The SMILES string of the molecule is CCCCCCOc1ccc(Br)cc1C(=O)NNC(=O)COc1ccc(CC)cc1. The van der Waals surface area contributed by atoms with Crippen LogP contribution in [-0.2, 0) is 11.2 Å². The molecule has 0 fully saturated rings. The molecule has 0 atom stereocenters. The van der Waals surface area contributed by atoms with Crippen LogP contribution in [0.15, 0.2) is 46.9 Å². The second-order valence-corrected chi connectivity index (χ2v) is 7.75. The van der Waals surface area contributed by atoms with E-state index in [4.69, 9.17) is 9.47 Å². The first-order valence-corrected chi connectivity index (χ1v) is 11.1. The van der Waals surface area contributed by atoms with Gasteiger partial charge < -0.3 is 9.47 Å². The predicted molar refractivity (Wildman–Crippen MR) is 121 cm³/mol. The smallest absolute Gasteiger partial charge is 0.276 e. The van der Waals surface area contributed by atoms with E-state index in [1.165, 1.54) is 5.56 Å². The highest BCUT2D eigenvalue weighted by atomic mass is 79.9. The zero-order valence-electron chi connectivity index (χ0n) is 17.5. The van der Waals surface area contributed by atoms with Gasteiger partial charge in [0.25, 0.3) is 11.8 Å². The van der Waals surface area contributed by atoms with Gasteiger partial charge in [0.15, 0.2) is 6.61 Å². The van der Waals surface area contributed by atoms with E-state index in [9.17, 15) is 9.59 Å². The van der Waals surface area contributed by atoms with Gasteiger partial charge in [-0.15, -0.1) is 0 Å². The number of rotatable bonds is 11. The van der Waals surface area contributed by atoms with Crippen LogP contribution in [-0.4, -0.2) is 25.0 Å². The van der Waals surface area contributed by atoms with E-state index < -0.39 is 11.8 Å². The van der Waals surface area contributed by atoms with Gasteiger partial charge in [-0.25, -0.2) is 0 Å². The molecule has 0 unspecified atom stereocenters. The van der Waals surface area contributed by atoms with Gasteiger partial charge in [0, 0.05) is 4.47 Å². The third-order valence-corrected chi connectivity index (χ3v) is 4.95. The molecule has 6 nitrogen and oxygen atoms in total. The van der Waals surface area contributed by atoms with E-state index in [-0.39, 0.29) is 6.61 Å². The highest BCUT2D eigenvalue weighted by Gasteiger charge is 2.14. The molecule has 0 saturated carbocycles. The zero-order valence-corrected chi connectivity index (χ0v) is 19.1. The summed E-state index contributed by atoms with van der Waals surface area (Å²) < 4.78 is 12.0. The molecule has 0 aromatic heterocycles. The Balaban J connectivity index is 1.83. The van der Waals surface area contributed by atoms with Crippen LogP contribution in [0.1, 0.15) is 55.5 Å². The Morgan fingerprint density at radius 3 is 2.40 bits per heavy atom. The maximum atomic E-state index is 12.5. The van der Waals surface area contributed by atoms with Crippen molar-refractivity contribution in [3.63, 3.8) is 0 Å². The highest BCUT2D eigenvalue weighted by molar-refractivity contribution is 9.10. The molecule has 0 radical (unpaired) electrons. The summed E-state index contributed by atoms with van der Waals surface area (Å²) in [6.45, 7) is 4.56. The van der Waals surface area contributed by atoms with Crippen molar-refractivity contribution in [2.75, 3.05) is 13.2 Å². The molecule has 2 aromatic carbocycles. The van der Waals surface area contributed by atoms with Gasteiger partial charge >= 0.3 is 0 Å². The van der Waals surface area contributed by atoms with Crippen molar-refractivity contribution in [2.45, 2.75) is 46.0 Å². The van der Waals surface area contributed by atoms with Gasteiger partial charge in [0.2, 0.25) is 0 Å². The number of amides is 2. The van der Waals surface area contributed by atoms with Gasteiger partial charge in [0.1, 0.15) is 11.5 Å². The molecule has 0 heterocycles. The average molecular weight is 477 g/mol. The summed E-state index contributed by atoms with van der Waals surface area (Å²) in [5.41, 5.74) is 6.32. The van der Waals surface area contributed by atoms with Crippen molar-refractivity contribution < 1.29 is 19.1 Å². The summed E-state index contributed by atoms with van der Waals surface area (Å²) in [4.78, 5) is 24.5. The molecule has 0 bridgehead atoms. The number of halogens is 1. The molecule has 2 N–H and O–H groups in total. The maximum Gasteiger partial charge on any atom is 0.276 e. The van der Waals surface area contributed by atoms with Crippen LogP contribution < -0.4 is 20.3 Å². The summed E-state index contributed by atoms with van der Waals surface area (Å²) in [6.07, 6.45) is 5.27. The molecule has 7 heteroatoms. The van der Waals surface area contributed by atoms with Crippen molar-refractivity contribution in [1.82, 2.24) is 10.9 Å². The Morgan fingerprint density at radius 1 is 0.933 bits per heavy atom. The number of hydrogen-bond acceptors (Lipinski definition) is 4. The molecule has 162 valence electrons. The number of unbranched alkanes of at least 4 members (excludes halogenated alkanes) is 3. The van der Waals surface area contributed by atoms with E-state index in [0.717, 1.165) is 36.6 Å². The fourth-order valence-corrected chi connectivity index (χ4v) is 3.08. The topological polar surface area (TPSA) is 76.7 Å². The number of benzene rings is 2. The average Bonchev–Trinajstić information content (AvgIpc) is 2.77. The van der Waals surface area contributed by atoms with Crippen LogP contribution in [0, 0.1) is 0 Å². The number of ether oxygens (including phenoxy) is 2.